The SMILES string of the molecule is CCOC(C)(CC)c1nc(CNC2CC2)cc(=O)[nH]1. The van der Waals surface area contributed by atoms with E-state index in [9.17, 15) is 4.79 Å². The molecule has 0 aromatic carbocycles. The molecule has 1 aromatic heterocycles. The Hall–Kier alpha value is -1.20. The molecule has 0 radical (unpaired) electrons. The second kappa shape index (κ2) is 5.84. The summed E-state index contributed by atoms with van der Waals surface area (Å²) in [5, 5.41) is 3.37. The Balaban J connectivity index is 2.20. The topological polar surface area (TPSA) is 67.0 Å². The van der Waals surface area contributed by atoms with Crippen LogP contribution in [0.5, 0.6) is 0 Å². The molecule has 106 valence electrons. The van der Waals surface area contributed by atoms with Crippen molar-refractivity contribution in [1.29, 1.82) is 0 Å². The summed E-state index contributed by atoms with van der Waals surface area (Å²) in [6, 6.07) is 2.16. The lowest BCUT2D eigenvalue weighted by atomic mass is 10.0. The summed E-state index contributed by atoms with van der Waals surface area (Å²) < 4.78 is 5.76. The zero-order valence-corrected chi connectivity index (χ0v) is 12.0. The number of ether oxygens (including phenoxy) is 1. The lowest BCUT2D eigenvalue weighted by Crippen LogP contribution is -2.31. The fourth-order valence-electron chi connectivity index (χ4n) is 2.04. The maximum Gasteiger partial charge on any atom is 0.251 e. The van der Waals surface area contributed by atoms with Gasteiger partial charge in [-0.15, -0.1) is 0 Å². The second-order valence-electron chi connectivity index (χ2n) is 5.26. The van der Waals surface area contributed by atoms with E-state index in [0.717, 1.165) is 12.1 Å². The van der Waals surface area contributed by atoms with Crippen molar-refractivity contribution >= 4 is 0 Å². The van der Waals surface area contributed by atoms with E-state index in [1.54, 1.807) is 6.07 Å². The summed E-state index contributed by atoms with van der Waals surface area (Å²) in [5.74, 6) is 0.622. The second-order valence-corrected chi connectivity index (χ2v) is 5.26. The highest BCUT2D eigenvalue weighted by Crippen LogP contribution is 2.25. The summed E-state index contributed by atoms with van der Waals surface area (Å²) in [6.45, 7) is 7.19. The van der Waals surface area contributed by atoms with Crippen LogP contribution in [0.25, 0.3) is 0 Å². The van der Waals surface area contributed by atoms with Crippen LogP contribution >= 0.6 is 0 Å². The minimum Gasteiger partial charge on any atom is -0.368 e. The van der Waals surface area contributed by atoms with Gasteiger partial charge in [-0.3, -0.25) is 4.79 Å². The van der Waals surface area contributed by atoms with Gasteiger partial charge < -0.3 is 15.0 Å². The largest absolute Gasteiger partial charge is 0.368 e. The van der Waals surface area contributed by atoms with Crippen LogP contribution in [-0.2, 0) is 16.9 Å². The van der Waals surface area contributed by atoms with E-state index >= 15 is 0 Å². The van der Waals surface area contributed by atoms with Crippen molar-refractivity contribution in [3.63, 3.8) is 0 Å². The summed E-state index contributed by atoms with van der Waals surface area (Å²) in [6.07, 6.45) is 3.21. The van der Waals surface area contributed by atoms with Crippen molar-refractivity contribution in [2.24, 2.45) is 0 Å². The standard InChI is InChI=1S/C14H23N3O2/c1-4-14(3,19-5-2)13-16-11(8-12(18)17-13)9-15-10-6-7-10/h8,10,15H,4-7,9H2,1-3H3,(H,16,17,18). The van der Waals surface area contributed by atoms with Crippen LogP contribution < -0.4 is 10.9 Å². The van der Waals surface area contributed by atoms with E-state index in [1.807, 2.05) is 20.8 Å². The highest BCUT2D eigenvalue weighted by Gasteiger charge is 2.28. The predicted octanol–water partition coefficient (Wildman–Crippen LogP) is 1.68. The van der Waals surface area contributed by atoms with Crippen LogP contribution in [-0.4, -0.2) is 22.6 Å². The smallest absolute Gasteiger partial charge is 0.251 e. The van der Waals surface area contributed by atoms with E-state index in [1.165, 1.54) is 12.8 Å². The molecule has 1 fully saturated rings. The van der Waals surface area contributed by atoms with Crippen LogP contribution in [0.2, 0.25) is 0 Å². The van der Waals surface area contributed by atoms with Gasteiger partial charge >= 0.3 is 0 Å². The number of hydrogen-bond acceptors (Lipinski definition) is 4. The molecule has 1 heterocycles. The van der Waals surface area contributed by atoms with Gasteiger partial charge in [-0.25, -0.2) is 4.98 Å². The Morgan fingerprint density at radius 2 is 2.26 bits per heavy atom. The van der Waals surface area contributed by atoms with E-state index in [4.69, 9.17) is 4.74 Å². The van der Waals surface area contributed by atoms with Crippen molar-refractivity contribution in [3.05, 3.63) is 27.9 Å². The van der Waals surface area contributed by atoms with Crippen molar-refractivity contribution in [2.75, 3.05) is 6.61 Å². The first-order valence-electron chi connectivity index (χ1n) is 7.05. The van der Waals surface area contributed by atoms with E-state index in [-0.39, 0.29) is 5.56 Å². The first-order valence-corrected chi connectivity index (χ1v) is 7.05. The number of H-pyrrole nitrogens is 1. The number of nitrogens with zero attached hydrogens (tertiary/aromatic N) is 1. The first-order chi connectivity index (χ1) is 9.07. The fourth-order valence-corrected chi connectivity index (χ4v) is 2.04. The van der Waals surface area contributed by atoms with Crippen molar-refractivity contribution < 1.29 is 4.74 Å². The molecule has 0 bridgehead atoms. The van der Waals surface area contributed by atoms with Crippen LogP contribution in [0.4, 0.5) is 0 Å². The molecule has 1 aliphatic carbocycles. The molecular formula is C14H23N3O2. The van der Waals surface area contributed by atoms with Gasteiger partial charge in [0.25, 0.3) is 5.56 Å². The molecule has 5 heteroatoms. The molecule has 1 atom stereocenters. The predicted molar refractivity (Wildman–Crippen MR) is 74.0 cm³/mol. The van der Waals surface area contributed by atoms with E-state index in [2.05, 4.69) is 15.3 Å². The lowest BCUT2D eigenvalue weighted by Gasteiger charge is -2.27. The van der Waals surface area contributed by atoms with Crippen molar-refractivity contribution in [1.82, 2.24) is 15.3 Å². The Morgan fingerprint density at radius 1 is 1.53 bits per heavy atom. The number of rotatable bonds is 7. The summed E-state index contributed by atoms with van der Waals surface area (Å²) in [7, 11) is 0. The molecule has 19 heavy (non-hydrogen) atoms. The van der Waals surface area contributed by atoms with E-state index in [0.29, 0.717) is 25.0 Å². The third-order valence-corrected chi connectivity index (χ3v) is 3.58. The Bertz CT molecular complexity index is 482. The zero-order chi connectivity index (χ0) is 13.9. The van der Waals surface area contributed by atoms with Gasteiger partial charge in [0.15, 0.2) is 0 Å². The summed E-state index contributed by atoms with van der Waals surface area (Å²) >= 11 is 0. The summed E-state index contributed by atoms with van der Waals surface area (Å²) in [4.78, 5) is 19.1. The molecular weight excluding hydrogens is 242 g/mol. The normalized spacial score (nSPS) is 18.3. The number of hydrogen-bond donors (Lipinski definition) is 2. The molecule has 2 rings (SSSR count). The molecule has 1 unspecified atom stereocenters. The average Bonchev–Trinajstić information content (AvgIpc) is 3.20. The lowest BCUT2D eigenvalue weighted by molar-refractivity contribution is -0.0393. The van der Waals surface area contributed by atoms with Gasteiger partial charge in [0, 0.05) is 25.3 Å². The molecule has 2 N–H and O–H groups in total. The van der Waals surface area contributed by atoms with Gasteiger partial charge in [-0.05, 0) is 33.1 Å². The third-order valence-electron chi connectivity index (χ3n) is 3.58. The maximum atomic E-state index is 11.8. The maximum absolute atomic E-state index is 11.8. The fraction of sp³-hybridized carbons (Fsp3) is 0.714. The Kier molecular flexibility index (Phi) is 4.37. The molecule has 1 aromatic rings. The first kappa shape index (κ1) is 14.2. The zero-order valence-electron chi connectivity index (χ0n) is 12.0. The van der Waals surface area contributed by atoms with Gasteiger partial charge in [0.2, 0.25) is 0 Å². The van der Waals surface area contributed by atoms with Gasteiger partial charge in [-0.1, -0.05) is 6.92 Å². The van der Waals surface area contributed by atoms with Crippen LogP contribution in [0, 0.1) is 0 Å². The van der Waals surface area contributed by atoms with Gasteiger partial charge in [0.05, 0.1) is 5.69 Å². The Labute approximate surface area is 113 Å². The molecule has 0 saturated heterocycles. The van der Waals surface area contributed by atoms with Gasteiger partial charge in [-0.2, -0.15) is 0 Å². The molecule has 1 saturated carbocycles. The molecule has 0 spiro atoms. The van der Waals surface area contributed by atoms with Crippen LogP contribution in [0.1, 0.15) is 51.6 Å². The average molecular weight is 265 g/mol. The molecule has 0 amide bonds. The highest BCUT2D eigenvalue weighted by molar-refractivity contribution is 5.08. The number of nitrogens with one attached hydrogen (secondary N) is 2. The van der Waals surface area contributed by atoms with Crippen molar-refractivity contribution in [2.45, 2.75) is 58.2 Å². The molecule has 0 aliphatic heterocycles. The Morgan fingerprint density at radius 3 is 2.84 bits per heavy atom. The quantitative estimate of drug-likeness (QED) is 0.787. The van der Waals surface area contributed by atoms with Crippen molar-refractivity contribution in [3.8, 4) is 0 Å². The number of aromatic amines is 1. The monoisotopic (exact) mass is 265 g/mol. The molecule has 5 nitrogen and oxygen atoms in total. The van der Waals surface area contributed by atoms with Crippen LogP contribution in [0.3, 0.4) is 0 Å². The number of aromatic nitrogens is 2. The highest BCUT2D eigenvalue weighted by atomic mass is 16.5. The minimum atomic E-state index is -0.524. The van der Waals surface area contributed by atoms with E-state index < -0.39 is 5.60 Å². The van der Waals surface area contributed by atoms with Gasteiger partial charge in [0.1, 0.15) is 11.4 Å². The summed E-state index contributed by atoms with van der Waals surface area (Å²) in [5.41, 5.74) is 0.144. The van der Waals surface area contributed by atoms with Crippen LogP contribution in [0.15, 0.2) is 10.9 Å². The minimum absolute atomic E-state index is 0.114. The third kappa shape index (κ3) is 3.64. The molecule has 1 aliphatic rings.